The van der Waals surface area contributed by atoms with Gasteiger partial charge in [-0.1, -0.05) is 23.2 Å². The summed E-state index contributed by atoms with van der Waals surface area (Å²) >= 11 is 11.8. The third-order valence-corrected chi connectivity index (χ3v) is 2.61. The van der Waals surface area contributed by atoms with E-state index in [1.165, 1.54) is 12.3 Å². The van der Waals surface area contributed by atoms with Crippen LogP contribution in [0.3, 0.4) is 0 Å². The van der Waals surface area contributed by atoms with E-state index in [4.69, 9.17) is 28.9 Å². The highest BCUT2D eigenvalue weighted by Gasteiger charge is 2.11. The van der Waals surface area contributed by atoms with Crippen LogP contribution in [-0.4, -0.2) is 4.98 Å². The van der Waals surface area contributed by atoms with E-state index in [2.05, 4.69) is 4.98 Å². The average Bonchev–Trinajstić information content (AvgIpc) is 2.22. The third kappa shape index (κ3) is 2.10. The number of anilines is 1. The number of halogens is 3. The second-order valence-electron chi connectivity index (χ2n) is 3.22. The number of benzene rings is 1. The van der Waals surface area contributed by atoms with Crippen LogP contribution < -0.4 is 5.73 Å². The zero-order chi connectivity index (χ0) is 11.7. The lowest BCUT2D eigenvalue weighted by molar-refractivity contribution is 0.626. The molecule has 0 saturated carbocycles. The van der Waals surface area contributed by atoms with Gasteiger partial charge in [-0.15, -0.1) is 0 Å². The molecule has 0 aliphatic heterocycles. The molecule has 0 fully saturated rings. The number of nitrogens with zero attached hydrogens (tertiary/aromatic N) is 1. The molecule has 0 aliphatic carbocycles. The quantitative estimate of drug-likeness (QED) is 0.844. The molecule has 2 aromatic rings. The normalized spacial score (nSPS) is 10.4. The van der Waals surface area contributed by atoms with Gasteiger partial charge >= 0.3 is 0 Å². The Bertz CT molecular complexity index is 544. The molecule has 0 amide bonds. The molecule has 16 heavy (non-hydrogen) atoms. The predicted molar refractivity (Wildman–Crippen MR) is 64.1 cm³/mol. The molecule has 0 spiro atoms. The fourth-order valence-electron chi connectivity index (χ4n) is 1.33. The van der Waals surface area contributed by atoms with Gasteiger partial charge < -0.3 is 5.73 Å². The molecule has 82 valence electrons. The third-order valence-electron chi connectivity index (χ3n) is 2.05. The molecule has 0 saturated heterocycles. The van der Waals surface area contributed by atoms with Crippen LogP contribution in [0.4, 0.5) is 10.1 Å². The van der Waals surface area contributed by atoms with Gasteiger partial charge in [0, 0.05) is 16.7 Å². The fourth-order valence-corrected chi connectivity index (χ4v) is 1.71. The summed E-state index contributed by atoms with van der Waals surface area (Å²) in [5, 5.41) is 0.859. The van der Waals surface area contributed by atoms with Crippen molar-refractivity contribution in [2.75, 3.05) is 5.73 Å². The van der Waals surface area contributed by atoms with E-state index in [9.17, 15) is 4.39 Å². The Hall–Kier alpha value is -1.32. The highest BCUT2D eigenvalue weighted by Crippen LogP contribution is 2.31. The Morgan fingerprint density at radius 2 is 1.94 bits per heavy atom. The summed E-state index contributed by atoms with van der Waals surface area (Å²) in [5.74, 6) is -0.524. The van der Waals surface area contributed by atoms with E-state index >= 15 is 0 Å². The maximum atomic E-state index is 13.6. The van der Waals surface area contributed by atoms with Crippen LogP contribution in [0, 0.1) is 5.82 Å². The van der Waals surface area contributed by atoms with Gasteiger partial charge in [0.15, 0.2) is 5.82 Å². The van der Waals surface area contributed by atoms with Gasteiger partial charge in [0.05, 0.1) is 16.9 Å². The number of rotatable bonds is 1. The van der Waals surface area contributed by atoms with Crippen LogP contribution >= 0.6 is 23.2 Å². The highest BCUT2D eigenvalue weighted by molar-refractivity contribution is 6.35. The summed E-state index contributed by atoms with van der Waals surface area (Å²) in [7, 11) is 0. The molecule has 2 nitrogen and oxygen atoms in total. The van der Waals surface area contributed by atoms with Gasteiger partial charge in [-0.25, -0.2) is 4.39 Å². The Morgan fingerprint density at radius 3 is 2.62 bits per heavy atom. The molecular weight excluding hydrogens is 250 g/mol. The molecular formula is C11H7Cl2FN2. The van der Waals surface area contributed by atoms with Crippen molar-refractivity contribution in [2.45, 2.75) is 0 Å². The SMILES string of the molecule is Nc1cnc(-c2cc(Cl)ccc2Cl)c(F)c1. The van der Waals surface area contributed by atoms with Gasteiger partial charge in [-0.2, -0.15) is 0 Å². The lowest BCUT2D eigenvalue weighted by Gasteiger charge is -2.06. The van der Waals surface area contributed by atoms with Gasteiger partial charge in [0.25, 0.3) is 0 Å². The molecule has 5 heteroatoms. The van der Waals surface area contributed by atoms with Crippen molar-refractivity contribution < 1.29 is 4.39 Å². The van der Waals surface area contributed by atoms with Gasteiger partial charge in [-0.05, 0) is 18.2 Å². The van der Waals surface area contributed by atoms with Crippen molar-refractivity contribution in [1.29, 1.82) is 0 Å². The van der Waals surface area contributed by atoms with Crippen molar-refractivity contribution in [1.82, 2.24) is 4.98 Å². The van der Waals surface area contributed by atoms with Crippen LogP contribution in [0.25, 0.3) is 11.3 Å². The van der Waals surface area contributed by atoms with Crippen LogP contribution in [0.15, 0.2) is 30.5 Å². The van der Waals surface area contributed by atoms with Gasteiger partial charge in [-0.3, -0.25) is 4.98 Å². The Kier molecular flexibility index (Phi) is 2.99. The standard InChI is InChI=1S/C11H7Cl2FN2/c12-6-1-2-9(13)8(3-6)11-10(14)4-7(15)5-16-11/h1-5H,15H2. The average molecular weight is 257 g/mol. The van der Waals surface area contributed by atoms with Crippen molar-refractivity contribution >= 4 is 28.9 Å². The largest absolute Gasteiger partial charge is 0.397 e. The van der Waals surface area contributed by atoms with Crippen molar-refractivity contribution in [3.63, 3.8) is 0 Å². The van der Waals surface area contributed by atoms with Crippen LogP contribution in [0.1, 0.15) is 0 Å². The summed E-state index contributed by atoms with van der Waals surface area (Å²) < 4.78 is 13.6. The first kappa shape index (κ1) is 11.2. The number of hydrogen-bond donors (Lipinski definition) is 1. The molecule has 0 unspecified atom stereocenters. The summed E-state index contributed by atoms with van der Waals surface area (Å²) in [6.07, 6.45) is 1.37. The Balaban J connectivity index is 2.62. The number of hydrogen-bond acceptors (Lipinski definition) is 2. The molecule has 0 radical (unpaired) electrons. The maximum absolute atomic E-state index is 13.6. The van der Waals surface area contributed by atoms with Crippen molar-refractivity contribution in [3.05, 3.63) is 46.3 Å². The lowest BCUT2D eigenvalue weighted by atomic mass is 10.1. The van der Waals surface area contributed by atoms with Crippen LogP contribution in [-0.2, 0) is 0 Å². The molecule has 1 aromatic carbocycles. The fraction of sp³-hybridized carbons (Fsp3) is 0. The molecule has 2 rings (SSSR count). The highest BCUT2D eigenvalue weighted by atomic mass is 35.5. The zero-order valence-corrected chi connectivity index (χ0v) is 9.56. The molecule has 0 atom stereocenters. The first-order valence-electron chi connectivity index (χ1n) is 4.44. The predicted octanol–water partition coefficient (Wildman–Crippen LogP) is 3.78. The molecule has 2 N–H and O–H groups in total. The zero-order valence-electron chi connectivity index (χ0n) is 8.05. The number of nitrogen functional groups attached to an aromatic ring is 1. The van der Waals surface area contributed by atoms with Crippen LogP contribution in [0.2, 0.25) is 10.0 Å². The second kappa shape index (κ2) is 4.28. The molecule has 1 aromatic heterocycles. The van der Waals surface area contributed by atoms with E-state index in [0.717, 1.165) is 0 Å². The van der Waals surface area contributed by atoms with Crippen LogP contribution in [0.5, 0.6) is 0 Å². The van der Waals surface area contributed by atoms with E-state index < -0.39 is 5.82 Å². The minimum atomic E-state index is -0.524. The number of aromatic nitrogens is 1. The first-order valence-corrected chi connectivity index (χ1v) is 5.20. The molecule has 0 aliphatic rings. The lowest BCUT2D eigenvalue weighted by Crippen LogP contribution is -1.94. The Morgan fingerprint density at radius 1 is 1.19 bits per heavy atom. The van der Waals surface area contributed by atoms with Crippen molar-refractivity contribution in [3.8, 4) is 11.3 Å². The number of nitrogens with two attached hydrogens (primary N) is 1. The maximum Gasteiger partial charge on any atom is 0.151 e. The Labute approximate surface area is 102 Å². The van der Waals surface area contributed by atoms with E-state index in [0.29, 0.717) is 15.6 Å². The summed E-state index contributed by atoms with van der Waals surface area (Å²) in [6.45, 7) is 0. The summed E-state index contributed by atoms with van der Waals surface area (Å²) in [4.78, 5) is 3.91. The van der Waals surface area contributed by atoms with Crippen molar-refractivity contribution in [2.24, 2.45) is 0 Å². The van der Waals surface area contributed by atoms with E-state index in [1.807, 2.05) is 0 Å². The van der Waals surface area contributed by atoms with Gasteiger partial charge in [0.2, 0.25) is 0 Å². The monoisotopic (exact) mass is 256 g/mol. The van der Waals surface area contributed by atoms with E-state index in [-0.39, 0.29) is 11.4 Å². The second-order valence-corrected chi connectivity index (χ2v) is 4.07. The first-order chi connectivity index (χ1) is 7.58. The minimum absolute atomic E-state index is 0.140. The van der Waals surface area contributed by atoms with Gasteiger partial charge in [0.1, 0.15) is 5.69 Å². The molecule has 1 heterocycles. The van der Waals surface area contributed by atoms with E-state index in [1.54, 1.807) is 18.2 Å². The minimum Gasteiger partial charge on any atom is -0.397 e. The summed E-state index contributed by atoms with van der Waals surface area (Å²) in [6, 6.07) is 5.98. The smallest absolute Gasteiger partial charge is 0.151 e. The topological polar surface area (TPSA) is 38.9 Å². The number of pyridine rings is 1. The molecule has 0 bridgehead atoms. The summed E-state index contributed by atoms with van der Waals surface area (Å²) in [5.41, 5.74) is 6.27.